The molecule has 0 atom stereocenters. The van der Waals surface area contributed by atoms with Crippen LogP contribution in [0.1, 0.15) is 13.3 Å². The predicted molar refractivity (Wildman–Crippen MR) is 104 cm³/mol. The first-order chi connectivity index (χ1) is 12.6. The zero-order valence-corrected chi connectivity index (χ0v) is 16.2. The van der Waals surface area contributed by atoms with Crippen LogP contribution in [0.3, 0.4) is 0 Å². The van der Waals surface area contributed by atoms with E-state index < -0.39 is 0 Å². The van der Waals surface area contributed by atoms with Gasteiger partial charge in [-0.1, -0.05) is 41.9 Å². The number of nitrogens with zero attached hydrogens (tertiary/aromatic N) is 3. The molecule has 1 N–H and O–H groups in total. The van der Waals surface area contributed by atoms with E-state index in [4.69, 9.17) is 27.6 Å². The summed E-state index contributed by atoms with van der Waals surface area (Å²) in [6.07, 6.45) is 2.51. The minimum absolute atomic E-state index is 0.168. The van der Waals surface area contributed by atoms with Gasteiger partial charge in [0.15, 0.2) is 16.7 Å². The minimum atomic E-state index is -0.168. The first kappa shape index (κ1) is 18.8. The normalized spacial score (nSPS) is 10.9. The maximum Gasteiger partial charge on any atom is 0.234 e. The van der Waals surface area contributed by atoms with Crippen LogP contribution in [0.15, 0.2) is 46.2 Å². The molecule has 0 saturated carbocycles. The van der Waals surface area contributed by atoms with Crippen LogP contribution in [0, 0.1) is 0 Å². The smallest absolute Gasteiger partial charge is 0.234 e. The Kier molecular flexibility index (Phi) is 6.24. The number of halogens is 2. The number of anilines is 1. The van der Waals surface area contributed by atoms with Gasteiger partial charge in [-0.3, -0.25) is 9.36 Å². The molecule has 1 aromatic carbocycles. The second-order valence-corrected chi connectivity index (χ2v) is 7.16. The van der Waals surface area contributed by atoms with Crippen LogP contribution in [-0.2, 0) is 11.3 Å². The first-order valence-electron chi connectivity index (χ1n) is 7.93. The van der Waals surface area contributed by atoms with E-state index in [1.54, 1.807) is 30.5 Å². The quantitative estimate of drug-likeness (QED) is 0.555. The summed E-state index contributed by atoms with van der Waals surface area (Å²) < 4.78 is 7.36. The Labute approximate surface area is 164 Å². The van der Waals surface area contributed by atoms with Crippen LogP contribution in [0.5, 0.6) is 0 Å². The van der Waals surface area contributed by atoms with Crippen LogP contribution in [0.25, 0.3) is 11.6 Å². The van der Waals surface area contributed by atoms with Crippen molar-refractivity contribution in [3.63, 3.8) is 0 Å². The number of hydrogen-bond acceptors (Lipinski definition) is 5. The van der Waals surface area contributed by atoms with Crippen LogP contribution in [0.4, 0.5) is 5.69 Å². The zero-order chi connectivity index (χ0) is 18.5. The summed E-state index contributed by atoms with van der Waals surface area (Å²) in [5.74, 6) is 1.33. The molecule has 0 aliphatic heterocycles. The molecule has 3 aromatic rings. The van der Waals surface area contributed by atoms with Gasteiger partial charge >= 0.3 is 0 Å². The highest BCUT2D eigenvalue weighted by atomic mass is 35.5. The lowest BCUT2D eigenvalue weighted by atomic mass is 10.3. The molecule has 3 rings (SSSR count). The zero-order valence-electron chi connectivity index (χ0n) is 13.9. The van der Waals surface area contributed by atoms with Gasteiger partial charge in [-0.25, -0.2) is 0 Å². The number of nitrogens with one attached hydrogen (secondary N) is 1. The summed E-state index contributed by atoms with van der Waals surface area (Å²) >= 11 is 13.2. The summed E-state index contributed by atoms with van der Waals surface area (Å²) in [5, 5.41) is 12.7. The first-order valence-corrected chi connectivity index (χ1v) is 9.67. The van der Waals surface area contributed by atoms with Crippen molar-refractivity contribution in [2.24, 2.45) is 0 Å². The third-order valence-electron chi connectivity index (χ3n) is 3.44. The topological polar surface area (TPSA) is 73.0 Å². The number of amides is 1. The highest BCUT2D eigenvalue weighted by Gasteiger charge is 2.17. The van der Waals surface area contributed by atoms with Crippen molar-refractivity contribution < 1.29 is 9.21 Å². The fourth-order valence-electron chi connectivity index (χ4n) is 2.31. The number of rotatable bonds is 7. The molecule has 0 unspecified atom stereocenters. The lowest BCUT2D eigenvalue weighted by molar-refractivity contribution is -0.113. The van der Waals surface area contributed by atoms with Gasteiger partial charge in [0, 0.05) is 12.2 Å². The molecular weight excluding hydrogens is 395 g/mol. The molecule has 6 nitrogen and oxygen atoms in total. The van der Waals surface area contributed by atoms with Gasteiger partial charge in [0.2, 0.25) is 5.91 Å². The minimum Gasteiger partial charge on any atom is -0.461 e. The number of furan rings is 1. The van der Waals surface area contributed by atoms with Crippen LogP contribution in [-0.4, -0.2) is 26.4 Å². The fourth-order valence-corrected chi connectivity index (χ4v) is 3.37. The Morgan fingerprint density at radius 3 is 2.81 bits per heavy atom. The molecule has 1 amide bonds. The molecule has 0 aliphatic rings. The summed E-state index contributed by atoms with van der Waals surface area (Å²) in [6, 6.07) is 8.59. The summed E-state index contributed by atoms with van der Waals surface area (Å²) in [6.45, 7) is 2.80. The van der Waals surface area contributed by atoms with E-state index in [0.29, 0.717) is 32.5 Å². The Balaban J connectivity index is 1.67. The Morgan fingerprint density at radius 2 is 2.12 bits per heavy atom. The van der Waals surface area contributed by atoms with E-state index in [1.807, 2.05) is 10.6 Å². The molecule has 2 aromatic heterocycles. The Bertz CT molecular complexity index is 896. The average Bonchev–Trinajstić information content (AvgIpc) is 3.26. The largest absolute Gasteiger partial charge is 0.461 e. The van der Waals surface area contributed by atoms with Gasteiger partial charge in [-0.05, 0) is 36.8 Å². The fraction of sp³-hybridized carbons (Fsp3) is 0.235. The van der Waals surface area contributed by atoms with E-state index in [2.05, 4.69) is 22.4 Å². The van der Waals surface area contributed by atoms with Crippen molar-refractivity contribution in [1.29, 1.82) is 0 Å². The van der Waals surface area contributed by atoms with Crippen molar-refractivity contribution in [2.45, 2.75) is 25.0 Å². The number of hydrogen-bond donors (Lipinski definition) is 1. The molecule has 0 radical (unpaired) electrons. The molecule has 2 heterocycles. The van der Waals surface area contributed by atoms with Gasteiger partial charge in [0.25, 0.3) is 0 Å². The third-order valence-corrected chi connectivity index (χ3v) is 5.15. The molecule has 0 aliphatic carbocycles. The average molecular weight is 411 g/mol. The Hall–Kier alpha value is -1.96. The van der Waals surface area contributed by atoms with Crippen molar-refractivity contribution in [3.8, 4) is 11.6 Å². The molecule has 0 bridgehead atoms. The lowest BCUT2D eigenvalue weighted by Crippen LogP contribution is -2.14. The van der Waals surface area contributed by atoms with Crippen molar-refractivity contribution >= 4 is 46.6 Å². The molecule has 26 heavy (non-hydrogen) atoms. The number of carbonyl (C=O) groups is 1. The maximum atomic E-state index is 12.2. The SMILES string of the molecule is CCCn1c(SCC(=O)Nc2ccc(Cl)c(Cl)c2)nnc1-c1ccco1. The number of carbonyl (C=O) groups excluding carboxylic acids is 1. The number of aromatic nitrogens is 3. The van der Waals surface area contributed by atoms with Gasteiger partial charge in [0.05, 0.1) is 22.1 Å². The summed E-state index contributed by atoms with van der Waals surface area (Å²) in [5.41, 5.74) is 0.594. The Morgan fingerprint density at radius 1 is 1.27 bits per heavy atom. The van der Waals surface area contributed by atoms with Crippen molar-refractivity contribution in [3.05, 3.63) is 46.6 Å². The van der Waals surface area contributed by atoms with E-state index >= 15 is 0 Å². The lowest BCUT2D eigenvalue weighted by Gasteiger charge is -2.08. The van der Waals surface area contributed by atoms with E-state index in [1.165, 1.54) is 11.8 Å². The standard InChI is InChI=1S/C17H16Cl2N4O2S/c1-2-7-23-16(14-4-3-8-25-14)21-22-17(23)26-10-15(24)20-11-5-6-12(18)13(19)9-11/h3-6,8-9H,2,7,10H2,1H3,(H,20,24). The summed E-state index contributed by atoms with van der Waals surface area (Å²) in [4.78, 5) is 12.2. The van der Waals surface area contributed by atoms with E-state index in [-0.39, 0.29) is 11.7 Å². The number of thioether (sulfide) groups is 1. The molecule has 136 valence electrons. The second kappa shape index (κ2) is 8.62. The monoisotopic (exact) mass is 410 g/mol. The molecule has 0 fully saturated rings. The van der Waals surface area contributed by atoms with Crippen LogP contribution < -0.4 is 5.32 Å². The van der Waals surface area contributed by atoms with E-state index in [9.17, 15) is 4.79 Å². The van der Waals surface area contributed by atoms with Gasteiger partial charge < -0.3 is 9.73 Å². The van der Waals surface area contributed by atoms with Crippen molar-refractivity contribution in [2.75, 3.05) is 11.1 Å². The molecule has 0 saturated heterocycles. The number of benzene rings is 1. The predicted octanol–water partition coefficient (Wildman–Crippen LogP) is 4.99. The third kappa shape index (κ3) is 4.41. The summed E-state index contributed by atoms with van der Waals surface area (Å²) in [7, 11) is 0. The molecular formula is C17H16Cl2N4O2S. The van der Waals surface area contributed by atoms with Crippen LogP contribution >= 0.6 is 35.0 Å². The molecule has 0 spiro atoms. The maximum absolute atomic E-state index is 12.2. The highest BCUT2D eigenvalue weighted by Crippen LogP contribution is 2.26. The van der Waals surface area contributed by atoms with Crippen LogP contribution in [0.2, 0.25) is 10.0 Å². The second-order valence-electron chi connectivity index (χ2n) is 5.40. The van der Waals surface area contributed by atoms with Gasteiger partial charge in [-0.2, -0.15) is 0 Å². The molecule has 9 heteroatoms. The highest BCUT2D eigenvalue weighted by molar-refractivity contribution is 7.99. The van der Waals surface area contributed by atoms with Crippen molar-refractivity contribution in [1.82, 2.24) is 14.8 Å². The van der Waals surface area contributed by atoms with Gasteiger partial charge in [-0.15, -0.1) is 10.2 Å². The van der Waals surface area contributed by atoms with Gasteiger partial charge in [0.1, 0.15) is 0 Å². The van der Waals surface area contributed by atoms with E-state index in [0.717, 1.165) is 13.0 Å².